The molecule has 0 radical (unpaired) electrons. The van der Waals surface area contributed by atoms with E-state index in [1.807, 2.05) is 0 Å². The lowest BCUT2D eigenvalue weighted by atomic mass is 10.1. The van der Waals surface area contributed by atoms with Crippen LogP contribution in [-0.4, -0.2) is 11.9 Å². The molecule has 0 atom stereocenters. The zero-order chi connectivity index (χ0) is 12.3. The molecule has 0 saturated carbocycles. The first-order chi connectivity index (χ1) is 7.45. The molecule has 0 unspecified atom stereocenters. The maximum atomic E-state index is 13.6. The molecule has 0 amide bonds. The average molecular weight is 292 g/mol. The zero-order valence-electron chi connectivity index (χ0n) is 8.89. The summed E-state index contributed by atoms with van der Waals surface area (Å²) in [5, 5.41) is 0. The summed E-state index contributed by atoms with van der Waals surface area (Å²) in [6.07, 6.45) is 0. The molecule has 0 aliphatic carbocycles. The van der Waals surface area contributed by atoms with Crippen molar-refractivity contribution in [1.29, 1.82) is 0 Å². The van der Waals surface area contributed by atoms with E-state index in [-0.39, 0.29) is 17.4 Å². The van der Waals surface area contributed by atoms with Crippen molar-refractivity contribution in [1.82, 2.24) is 5.43 Å². The molecule has 0 aliphatic rings. The minimum atomic E-state index is -0.718. The third-order valence-corrected chi connectivity index (χ3v) is 2.23. The fourth-order valence-electron chi connectivity index (χ4n) is 1.20. The van der Waals surface area contributed by atoms with E-state index in [0.717, 1.165) is 12.1 Å². The molecule has 88 valence electrons. The number of rotatable bonds is 2. The van der Waals surface area contributed by atoms with Gasteiger partial charge in [0.2, 0.25) is 0 Å². The molecular weight excluding hydrogens is 280 g/mol. The molecule has 0 aromatic heterocycles. The summed E-state index contributed by atoms with van der Waals surface area (Å²) in [5.74, 6) is 3.76. The van der Waals surface area contributed by atoms with Gasteiger partial charge < -0.3 is 5.43 Å². The van der Waals surface area contributed by atoms with E-state index in [4.69, 9.17) is 5.84 Å². The molecule has 0 heterocycles. The zero-order valence-corrected chi connectivity index (χ0v) is 10.5. The lowest BCUT2D eigenvalue weighted by molar-refractivity contribution is 0.575. The van der Waals surface area contributed by atoms with Gasteiger partial charge in [-0.1, -0.05) is 15.9 Å². The second kappa shape index (κ2) is 5.36. The molecule has 0 fully saturated rings. The molecule has 0 saturated heterocycles. The predicted molar refractivity (Wildman–Crippen MR) is 63.1 cm³/mol. The van der Waals surface area contributed by atoms with Crippen molar-refractivity contribution in [3.05, 3.63) is 33.8 Å². The van der Waals surface area contributed by atoms with Crippen molar-refractivity contribution in [2.75, 3.05) is 0 Å². The van der Waals surface area contributed by atoms with Crippen LogP contribution in [0.5, 0.6) is 0 Å². The summed E-state index contributed by atoms with van der Waals surface area (Å²) in [7, 11) is 0. The van der Waals surface area contributed by atoms with Crippen LogP contribution in [0, 0.1) is 11.6 Å². The number of hydrogen-bond donors (Lipinski definition) is 2. The Hall–Kier alpha value is -1.01. The number of nitrogens with two attached hydrogens (primary N) is 1. The van der Waals surface area contributed by atoms with Crippen molar-refractivity contribution < 1.29 is 8.78 Å². The highest BCUT2D eigenvalue weighted by Gasteiger charge is 2.16. The summed E-state index contributed by atoms with van der Waals surface area (Å²) in [4.78, 5) is 4.00. The van der Waals surface area contributed by atoms with Gasteiger partial charge in [-0.3, -0.25) is 4.99 Å². The molecule has 1 aromatic carbocycles. The second-order valence-electron chi connectivity index (χ2n) is 3.46. The van der Waals surface area contributed by atoms with E-state index >= 15 is 0 Å². The molecular formula is C10H12BrF2N3. The Morgan fingerprint density at radius 3 is 2.25 bits per heavy atom. The third kappa shape index (κ3) is 2.99. The van der Waals surface area contributed by atoms with Crippen LogP contribution in [0.15, 0.2) is 21.6 Å². The van der Waals surface area contributed by atoms with Crippen LogP contribution in [-0.2, 0) is 0 Å². The molecule has 0 bridgehead atoms. The van der Waals surface area contributed by atoms with Gasteiger partial charge in [-0.05, 0) is 26.0 Å². The number of amidine groups is 1. The number of hydrazine groups is 1. The van der Waals surface area contributed by atoms with Gasteiger partial charge in [0.05, 0.1) is 5.56 Å². The van der Waals surface area contributed by atoms with Gasteiger partial charge in [-0.15, -0.1) is 0 Å². The smallest absolute Gasteiger partial charge is 0.148 e. The van der Waals surface area contributed by atoms with Gasteiger partial charge in [0.25, 0.3) is 0 Å². The van der Waals surface area contributed by atoms with Crippen LogP contribution in [0.1, 0.15) is 19.4 Å². The molecule has 0 spiro atoms. The van der Waals surface area contributed by atoms with Gasteiger partial charge in [0.15, 0.2) is 0 Å². The first-order valence-electron chi connectivity index (χ1n) is 4.65. The third-order valence-electron chi connectivity index (χ3n) is 1.77. The highest BCUT2D eigenvalue weighted by Crippen LogP contribution is 2.19. The highest BCUT2D eigenvalue weighted by atomic mass is 79.9. The molecule has 3 N–H and O–H groups in total. The normalized spacial score (nSPS) is 12.1. The molecule has 0 aliphatic heterocycles. The Labute approximate surface area is 101 Å². The van der Waals surface area contributed by atoms with Crippen LogP contribution in [0.2, 0.25) is 0 Å². The summed E-state index contributed by atoms with van der Waals surface area (Å²) >= 11 is 3.00. The van der Waals surface area contributed by atoms with Crippen molar-refractivity contribution in [3.63, 3.8) is 0 Å². The molecule has 1 aromatic rings. The Morgan fingerprint density at radius 2 is 1.88 bits per heavy atom. The topological polar surface area (TPSA) is 50.4 Å². The van der Waals surface area contributed by atoms with Gasteiger partial charge in [-0.25, -0.2) is 14.6 Å². The summed E-state index contributed by atoms with van der Waals surface area (Å²) in [6.45, 7) is 3.57. The first kappa shape index (κ1) is 13.1. The predicted octanol–water partition coefficient (Wildman–Crippen LogP) is 2.35. The SMILES string of the molecule is CC(C)N=C(NN)c1c(F)cc(Br)cc1F. The number of nitrogens with zero attached hydrogens (tertiary/aromatic N) is 1. The average Bonchev–Trinajstić information content (AvgIpc) is 2.13. The second-order valence-corrected chi connectivity index (χ2v) is 4.38. The van der Waals surface area contributed by atoms with E-state index < -0.39 is 11.6 Å². The van der Waals surface area contributed by atoms with Gasteiger partial charge in [0.1, 0.15) is 17.5 Å². The van der Waals surface area contributed by atoms with Gasteiger partial charge in [0, 0.05) is 10.5 Å². The van der Waals surface area contributed by atoms with Gasteiger partial charge in [-0.2, -0.15) is 0 Å². The Kier molecular flexibility index (Phi) is 4.37. The fraction of sp³-hybridized carbons (Fsp3) is 0.300. The molecule has 6 heteroatoms. The van der Waals surface area contributed by atoms with Gasteiger partial charge >= 0.3 is 0 Å². The fourth-order valence-corrected chi connectivity index (χ4v) is 1.60. The quantitative estimate of drug-likeness (QED) is 0.380. The summed E-state index contributed by atoms with van der Waals surface area (Å²) in [6, 6.07) is 2.20. The highest BCUT2D eigenvalue weighted by molar-refractivity contribution is 9.10. The Morgan fingerprint density at radius 1 is 1.38 bits per heavy atom. The van der Waals surface area contributed by atoms with E-state index in [0.29, 0.717) is 4.47 Å². The minimum absolute atomic E-state index is 0.00231. The van der Waals surface area contributed by atoms with Crippen molar-refractivity contribution in [2.24, 2.45) is 10.8 Å². The van der Waals surface area contributed by atoms with E-state index in [1.165, 1.54) is 0 Å². The maximum absolute atomic E-state index is 13.6. The van der Waals surface area contributed by atoms with Crippen molar-refractivity contribution in [3.8, 4) is 0 Å². The molecule has 1 rings (SSSR count). The molecule has 3 nitrogen and oxygen atoms in total. The lowest BCUT2D eigenvalue weighted by Crippen LogP contribution is -2.33. The largest absolute Gasteiger partial charge is 0.308 e. The summed E-state index contributed by atoms with van der Waals surface area (Å²) < 4.78 is 27.4. The molecule has 16 heavy (non-hydrogen) atoms. The van der Waals surface area contributed by atoms with E-state index in [9.17, 15) is 8.78 Å². The lowest BCUT2D eigenvalue weighted by Gasteiger charge is -2.10. The maximum Gasteiger partial charge on any atom is 0.148 e. The van der Waals surface area contributed by atoms with Crippen molar-refractivity contribution >= 4 is 21.8 Å². The van der Waals surface area contributed by atoms with Crippen molar-refractivity contribution in [2.45, 2.75) is 19.9 Å². The van der Waals surface area contributed by atoms with Crippen LogP contribution in [0.3, 0.4) is 0 Å². The minimum Gasteiger partial charge on any atom is -0.308 e. The Balaban J connectivity index is 3.31. The Bertz CT molecular complexity index is 396. The van der Waals surface area contributed by atoms with Crippen LogP contribution >= 0.6 is 15.9 Å². The van der Waals surface area contributed by atoms with E-state index in [2.05, 4.69) is 26.3 Å². The van der Waals surface area contributed by atoms with Crippen LogP contribution < -0.4 is 11.3 Å². The number of aliphatic imine (C=N–C) groups is 1. The number of halogens is 3. The monoisotopic (exact) mass is 291 g/mol. The first-order valence-corrected chi connectivity index (χ1v) is 5.44. The number of hydrogen-bond acceptors (Lipinski definition) is 2. The van der Waals surface area contributed by atoms with Crippen LogP contribution in [0.25, 0.3) is 0 Å². The number of benzene rings is 1. The van der Waals surface area contributed by atoms with Crippen LogP contribution in [0.4, 0.5) is 8.78 Å². The number of nitrogens with one attached hydrogen (secondary N) is 1. The standard InChI is InChI=1S/C10H12BrF2N3/c1-5(2)15-10(16-14)9-7(12)3-6(11)4-8(9)13/h3-5H,14H2,1-2H3,(H,15,16). The van der Waals surface area contributed by atoms with E-state index in [1.54, 1.807) is 13.8 Å². The summed E-state index contributed by atoms with van der Waals surface area (Å²) in [5.41, 5.74) is 1.95.